The summed E-state index contributed by atoms with van der Waals surface area (Å²) >= 11 is 5.85. The molecule has 0 radical (unpaired) electrons. The zero-order chi connectivity index (χ0) is 15.2. The molecular formula is C15H23ClN2O2. The van der Waals surface area contributed by atoms with Gasteiger partial charge in [0.05, 0.1) is 0 Å². The molecule has 0 aliphatic heterocycles. The van der Waals surface area contributed by atoms with Crippen LogP contribution in [0, 0.1) is 0 Å². The summed E-state index contributed by atoms with van der Waals surface area (Å²) in [5, 5.41) is 6.76. The van der Waals surface area contributed by atoms with E-state index in [9.17, 15) is 4.79 Å². The van der Waals surface area contributed by atoms with Crippen LogP contribution in [-0.4, -0.2) is 24.8 Å². The predicted molar refractivity (Wildman–Crippen MR) is 82.1 cm³/mol. The van der Waals surface area contributed by atoms with Crippen LogP contribution in [0.25, 0.3) is 0 Å². The van der Waals surface area contributed by atoms with Gasteiger partial charge >= 0.3 is 6.09 Å². The summed E-state index contributed by atoms with van der Waals surface area (Å²) in [6, 6.07) is 7.91. The van der Waals surface area contributed by atoms with Gasteiger partial charge in [0.2, 0.25) is 0 Å². The van der Waals surface area contributed by atoms with E-state index in [0.29, 0.717) is 13.1 Å². The molecule has 2 N–H and O–H groups in total. The van der Waals surface area contributed by atoms with Gasteiger partial charge in [-0.3, -0.25) is 0 Å². The molecule has 20 heavy (non-hydrogen) atoms. The van der Waals surface area contributed by atoms with E-state index in [2.05, 4.69) is 17.6 Å². The quantitative estimate of drug-likeness (QED) is 0.818. The number of alkyl carbamates (subject to hydrolysis) is 1. The van der Waals surface area contributed by atoms with Crippen LogP contribution < -0.4 is 10.6 Å². The first kappa shape index (κ1) is 16.8. The van der Waals surface area contributed by atoms with Crippen molar-refractivity contribution in [3.63, 3.8) is 0 Å². The summed E-state index contributed by atoms with van der Waals surface area (Å²) < 4.78 is 5.15. The molecule has 0 heterocycles. The van der Waals surface area contributed by atoms with Crippen molar-refractivity contribution in [3.8, 4) is 0 Å². The van der Waals surface area contributed by atoms with Gasteiger partial charge in [-0.15, -0.1) is 0 Å². The molecule has 1 amide bonds. The van der Waals surface area contributed by atoms with Gasteiger partial charge in [0.25, 0.3) is 0 Å². The van der Waals surface area contributed by atoms with Crippen molar-refractivity contribution in [2.24, 2.45) is 0 Å². The largest absolute Gasteiger partial charge is 0.444 e. The van der Waals surface area contributed by atoms with Gasteiger partial charge in [-0.2, -0.15) is 0 Å². The summed E-state index contributed by atoms with van der Waals surface area (Å²) in [7, 11) is 0. The lowest BCUT2D eigenvalue weighted by Gasteiger charge is -2.20. The Morgan fingerprint density at radius 3 is 2.40 bits per heavy atom. The molecule has 0 unspecified atom stereocenters. The molecule has 0 aliphatic carbocycles. The van der Waals surface area contributed by atoms with E-state index in [1.54, 1.807) is 0 Å². The van der Waals surface area contributed by atoms with Crippen molar-refractivity contribution in [2.75, 3.05) is 13.1 Å². The molecule has 0 spiro atoms. The molecule has 0 bridgehead atoms. The highest BCUT2D eigenvalue weighted by molar-refractivity contribution is 6.30. The van der Waals surface area contributed by atoms with Crippen LogP contribution in [0.3, 0.4) is 0 Å². The minimum Gasteiger partial charge on any atom is -0.444 e. The molecule has 0 fully saturated rings. The number of nitrogens with one attached hydrogen (secondary N) is 2. The maximum absolute atomic E-state index is 11.4. The summed E-state index contributed by atoms with van der Waals surface area (Å²) in [5.74, 6) is 0. The number of carbonyl (C=O) groups is 1. The number of carbonyl (C=O) groups excluding carboxylic acids is 1. The third-order valence-corrected chi connectivity index (χ3v) is 2.87. The minimum atomic E-state index is -0.464. The maximum Gasteiger partial charge on any atom is 0.407 e. The molecule has 1 aromatic carbocycles. The molecule has 0 aromatic heterocycles. The van der Waals surface area contributed by atoms with Gasteiger partial charge in [0, 0.05) is 24.2 Å². The van der Waals surface area contributed by atoms with Crippen LogP contribution in [0.4, 0.5) is 4.79 Å². The second-order valence-corrected chi connectivity index (χ2v) is 6.09. The van der Waals surface area contributed by atoms with Gasteiger partial charge in [-0.1, -0.05) is 23.7 Å². The van der Waals surface area contributed by atoms with Crippen molar-refractivity contribution >= 4 is 17.7 Å². The summed E-state index contributed by atoms with van der Waals surface area (Å²) in [6.45, 7) is 8.78. The maximum atomic E-state index is 11.4. The van der Waals surface area contributed by atoms with Crippen LogP contribution >= 0.6 is 11.6 Å². The number of rotatable bonds is 5. The number of amides is 1. The number of halogens is 1. The molecule has 0 saturated heterocycles. The van der Waals surface area contributed by atoms with Crippen LogP contribution in [-0.2, 0) is 4.74 Å². The Balaban J connectivity index is 2.24. The highest BCUT2D eigenvalue weighted by atomic mass is 35.5. The van der Waals surface area contributed by atoms with Crippen molar-refractivity contribution in [3.05, 3.63) is 34.9 Å². The van der Waals surface area contributed by atoms with Gasteiger partial charge in [0.15, 0.2) is 0 Å². The topological polar surface area (TPSA) is 50.4 Å². The van der Waals surface area contributed by atoms with Crippen molar-refractivity contribution in [1.29, 1.82) is 0 Å². The van der Waals surface area contributed by atoms with E-state index in [4.69, 9.17) is 16.3 Å². The lowest BCUT2D eigenvalue weighted by atomic mass is 10.1. The lowest BCUT2D eigenvalue weighted by Crippen LogP contribution is -2.36. The Hall–Kier alpha value is -1.26. The Bertz CT molecular complexity index is 426. The Kier molecular flexibility index (Phi) is 6.30. The number of ether oxygens (including phenoxy) is 1. The molecule has 4 nitrogen and oxygen atoms in total. The molecule has 1 atom stereocenters. The molecule has 1 rings (SSSR count). The van der Waals surface area contributed by atoms with Crippen LogP contribution in [0.15, 0.2) is 24.3 Å². The average molecular weight is 299 g/mol. The zero-order valence-corrected chi connectivity index (χ0v) is 13.3. The highest BCUT2D eigenvalue weighted by Gasteiger charge is 2.15. The van der Waals surface area contributed by atoms with Crippen molar-refractivity contribution in [2.45, 2.75) is 39.3 Å². The normalized spacial score (nSPS) is 12.8. The highest BCUT2D eigenvalue weighted by Crippen LogP contribution is 2.15. The Morgan fingerprint density at radius 2 is 1.85 bits per heavy atom. The molecule has 0 saturated carbocycles. The number of hydrogen-bond donors (Lipinski definition) is 2. The molecule has 5 heteroatoms. The monoisotopic (exact) mass is 298 g/mol. The van der Waals surface area contributed by atoms with E-state index >= 15 is 0 Å². The van der Waals surface area contributed by atoms with Gasteiger partial charge in [0.1, 0.15) is 5.60 Å². The van der Waals surface area contributed by atoms with Crippen molar-refractivity contribution < 1.29 is 9.53 Å². The second kappa shape index (κ2) is 7.50. The smallest absolute Gasteiger partial charge is 0.407 e. The third-order valence-electron chi connectivity index (χ3n) is 2.61. The second-order valence-electron chi connectivity index (χ2n) is 5.66. The van der Waals surface area contributed by atoms with Crippen LogP contribution in [0.5, 0.6) is 0 Å². The Labute approximate surface area is 125 Å². The fourth-order valence-electron chi connectivity index (χ4n) is 1.64. The average Bonchev–Trinajstić information content (AvgIpc) is 2.33. The van der Waals surface area contributed by atoms with Crippen LogP contribution in [0.1, 0.15) is 39.3 Å². The Morgan fingerprint density at radius 1 is 1.25 bits per heavy atom. The van der Waals surface area contributed by atoms with Gasteiger partial charge in [-0.05, 0) is 45.4 Å². The van der Waals surface area contributed by atoms with Crippen LogP contribution in [0.2, 0.25) is 5.02 Å². The molecule has 0 aliphatic rings. The number of hydrogen-bond acceptors (Lipinski definition) is 3. The number of benzene rings is 1. The first-order chi connectivity index (χ1) is 9.28. The predicted octanol–water partition coefficient (Wildman–Crippen LogP) is 3.52. The SMILES string of the molecule is C[C@@H](NCCNC(=O)OC(C)(C)C)c1ccc(Cl)cc1. The zero-order valence-electron chi connectivity index (χ0n) is 12.5. The third kappa shape index (κ3) is 6.78. The molecular weight excluding hydrogens is 276 g/mol. The fraction of sp³-hybridized carbons (Fsp3) is 0.533. The summed E-state index contributed by atoms with van der Waals surface area (Å²) in [5.41, 5.74) is 0.695. The molecule has 1 aromatic rings. The van der Waals surface area contributed by atoms with Gasteiger partial charge < -0.3 is 15.4 Å². The van der Waals surface area contributed by atoms with E-state index in [-0.39, 0.29) is 6.04 Å². The van der Waals surface area contributed by atoms with E-state index < -0.39 is 11.7 Å². The minimum absolute atomic E-state index is 0.202. The van der Waals surface area contributed by atoms with Crippen molar-refractivity contribution in [1.82, 2.24) is 10.6 Å². The van der Waals surface area contributed by atoms with E-state index in [1.807, 2.05) is 45.0 Å². The van der Waals surface area contributed by atoms with Gasteiger partial charge in [-0.25, -0.2) is 4.79 Å². The lowest BCUT2D eigenvalue weighted by molar-refractivity contribution is 0.0528. The standard InChI is InChI=1S/C15H23ClN2O2/c1-11(12-5-7-13(16)8-6-12)17-9-10-18-14(19)20-15(2,3)4/h5-8,11,17H,9-10H2,1-4H3,(H,18,19)/t11-/m1/s1. The first-order valence-electron chi connectivity index (χ1n) is 6.73. The summed E-state index contributed by atoms with van der Waals surface area (Å²) in [4.78, 5) is 11.4. The summed E-state index contributed by atoms with van der Waals surface area (Å²) in [6.07, 6.45) is -0.390. The fourth-order valence-corrected chi connectivity index (χ4v) is 1.76. The first-order valence-corrected chi connectivity index (χ1v) is 7.11. The van der Waals surface area contributed by atoms with E-state index in [1.165, 1.54) is 0 Å². The van der Waals surface area contributed by atoms with E-state index in [0.717, 1.165) is 10.6 Å². The molecule has 112 valence electrons.